The van der Waals surface area contributed by atoms with E-state index in [1.54, 1.807) is 6.20 Å². The fourth-order valence-corrected chi connectivity index (χ4v) is 4.40. The first-order valence-electron chi connectivity index (χ1n) is 8.44. The summed E-state index contributed by atoms with van der Waals surface area (Å²) in [6.07, 6.45) is 1.77. The zero-order valence-electron chi connectivity index (χ0n) is 13.9. The molecule has 0 aliphatic carbocycles. The van der Waals surface area contributed by atoms with E-state index in [-0.39, 0.29) is 0 Å². The predicted molar refractivity (Wildman–Crippen MR) is 110 cm³/mol. The number of pyridine rings is 2. The summed E-state index contributed by atoms with van der Waals surface area (Å²) in [4.78, 5) is 9.12. The van der Waals surface area contributed by atoms with Crippen molar-refractivity contribution in [2.45, 2.75) is 0 Å². The normalized spacial score (nSPS) is 11.1. The van der Waals surface area contributed by atoms with E-state index in [9.17, 15) is 0 Å². The molecule has 3 aromatic heterocycles. The molecule has 0 saturated carbocycles. The Morgan fingerprint density at radius 1 is 0.692 bits per heavy atom. The summed E-state index contributed by atoms with van der Waals surface area (Å²) in [5, 5.41) is 5.86. The van der Waals surface area contributed by atoms with Gasteiger partial charge in [-0.2, -0.15) is 0 Å². The molecule has 0 amide bonds. The Balaban J connectivity index is 1.63. The van der Waals surface area contributed by atoms with Gasteiger partial charge in [-0.25, -0.2) is 9.97 Å². The highest BCUT2D eigenvalue weighted by molar-refractivity contribution is 7.26. The van der Waals surface area contributed by atoms with Crippen molar-refractivity contribution >= 4 is 43.1 Å². The average Bonchev–Trinajstić information content (AvgIpc) is 3.08. The van der Waals surface area contributed by atoms with Crippen molar-refractivity contribution in [3.8, 4) is 11.3 Å². The van der Waals surface area contributed by atoms with E-state index in [1.165, 1.54) is 20.2 Å². The molecule has 3 heterocycles. The number of nitrogens with one attached hydrogen (secondary N) is 1. The lowest BCUT2D eigenvalue weighted by Gasteiger charge is -2.07. The standard InChI is InChI=1S/C22H15N3S/c1-2-11-19-15(7-1)16-8-5-9-17(22(16)26-19)18-10-6-13-21(24-18)25-20-12-3-4-14-23-20/h1-14H,(H,23,24,25). The molecule has 0 saturated heterocycles. The van der Waals surface area contributed by atoms with E-state index in [0.29, 0.717) is 0 Å². The third-order valence-electron chi connectivity index (χ3n) is 4.35. The number of hydrogen-bond donors (Lipinski definition) is 1. The van der Waals surface area contributed by atoms with Crippen LogP contribution in [0.2, 0.25) is 0 Å². The SMILES string of the molecule is c1ccc(Nc2cccc(-c3cccc4c3sc3ccccc34)n2)nc1. The van der Waals surface area contributed by atoms with Gasteiger partial charge in [-0.05, 0) is 30.3 Å². The average molecular weight is 353 g/mol. The summed E-state index contributed by atoms with van der Waals surface area (Å²) in [5.41, 5.74) is 2.12. The van der Waals surface area contributed by atoms with Gasteiger partial charge < -0.3 is 5.32 Å². The van der Waals surface area contributed by atoms with E-state index in [1.807, 2.05) is 41.7 Å². The van der Waals surface area contributed by atoms with Gasteiger partial charge in [-0.15, -0.1) is 11.3 Å². The molecule has 0 atom stereocenters. The zero-order valence-corrected chi connectivity index (χ0v) is 14.7. The van der Waals surface area contributed by atoms with Crippen molar-refractivity contribution in [3.05, 3.63) is 85.1 Å². The first kappa shape index (κ1) is 15.0. The maximum absolute atomic E-state index is 4.81. The quantitative estimate of drug-likeness (QED) is 0.416. The van der Waals surface area contributed by atoms with Crippen molar-refractivity contribution in [1.82, 2.24) is 9.97 Å². The van der Waals surface area contributed by atoms with E-state index in [4.69, 9.17) is 4.98 Å². The number of rotatable bonds is 3. The minimum atomic E-state index is 0.789. The van der Waals surface area contributed by atoms with Gasteiger partial charge in [-0.1, -0.05) is 48.5 Å². The van der Waals surface area contributed by atoms with Crippen LogP contribution in [0, 0.1) is 0 Å². The third kappa shape index (κ3) is 2.61. The van der Waals surface area contributed by atoms with Crippen LogP contribution in [0.1, 0.15) is 0 Å². The van der Waals surface area contributed by atoms with E-state index in [2.05, 4.69) is 58.8 Å². The van der Waals surface area contributed by atoms with Gasteiger partial charge >= 0.3 is 0 Å². The highest BCUT2D eigenvalue weighted by Gasteiger charge is 2.11. The molecule has 124 valence electrons. The fourth-order valence-electron chi connectivity index (χ4n) is 3.17. The molecule has 0 unspecified atom stereocenters. The Bertz CT molecular complexity index is 1210. The predicted octanol–water partition coefficient (Wildman–Crippen LogP) is 6.26. The second kappa shape index (κ2) is 6.24. The molecule has 2 aromatic carbocycles. The lowest BCUT2D eigenvalue weighted by atomic mass is 10.1. The van der Waals surface area contributed by atoms with Crippen LogP contribution >= 0.6 is 11.3 Å². The van der Waals surface area contributed by atoms with E-state index < -0.39 is 0 Å². The maximum Gasteiger partial charge on any atom is 0.132 e. The van der Waals surface area contributed by atoms with Crippen molar-refractivity contribution in [3.63, 3.8) is 0 Å². The summed E-state index contributed by atoms with van der Waals surface area (Å²) in [5.74, 6) is 1.58. The molecule has 5 aromatic rings. The molecule has 0 spiro atoms. The van der Waals surface area contributed by atoms with Crippen LogP contribution < -0.4 is 5.32 Å². The number of benzene rings is 2. The Labute approximate surface area is 155 Å². The minimum absolute atomic E-state index is 0.789. The molecule has 4 heteroatoms. The van der Waals surface area contributed by atoms with E-state index >= 15 is 0 Å². The summed E-state index contributed by atoms with van der Waals surface area (Å²) in [7, 11) is 0. The number of hydrogen-bond acceptors (Lipinski definition) is 4. The first-order chi connectivity index (χ1) is 12.9. The Hall–Kier alpha value is -3.24. The number of nitrogens with zero attached hydrogens (tertiary/aromatic N) is 2. The van der Waals surface area contributed by atoms with Gasteiger partial charge in [0.1, 0.15) is 11.6 Å². The monoisotopic (exact) mass is 353 g/mol. The summed E-state index contributed by atoms with van der Waals surface area (Å²) in [6, 6.07) is 26.8. The third-order valence-corrected chi connectivity index (χ3v) is 5.57. The smallest absolute Gasteiger partial charge is 0.132 e. The van der Waals surface area contributed by atoms with Crippen molar-refractivity contribution in [2.75, 3.05) is 5.32 Å². The molecular weight excluding hydrogens is 338 g/mol. The lowest BCUT2D eigenvalue weighted by molar-refractivity contribution is 1.26. The second-order valence-corrected chi connectivity index (χ2v) is 7.08. The van der Waals surface area contributed by atoms with Gasteiger partial charge in [0.25, 0.3) is 0 Å². The van der Waals surface area contributed by atoms with Gasteiger partial charge in [0.05, 0.1) is 5.69 Å². The number of fused-ring (bicyclic) bond motifs is 3. The van der Waals surface area contributed by atoms with Crippen molar-refractivity contribution < 1.29 is 0 Å². The van der Waals surface area contributed by atoms with Gasteiger partial charge in [0, 0.05) is 31.9 Å². The lowest BCUT2D eigenvalue weighted by Crippen LogP contribution is -1.96. The van der Waals surface area contributed by atoms with Crippen LogP contribution in [0.25, 0.3) is 31.4 Å². The van der Waals surface area contributed by atoms with Gasteiger partial charge in [0.2, 0.25) is 0 Å². The van der Waals surface area contributed by atoms with Crippen LogP contribution in [0.3, 0.4) is 0 Å². The summed E-state index contributed by atoms with van der Waals surface area (Å²) in [6.45, 7) is 0. The molecule has 1 N–H and O–H groups in total. The molecule has 0 aliphatic heterocycles. The highest BCUT2D eigenvalue weighted by atomic mass is 32.1. The molecule has 26 heavy (non-hydrogen) atoms. The first-order valence-corrected chi connectivity index (χ1v) is 9.26. The molecule has 3 nitrogen and oxygen atoms in total. The van der Waals surface area contributed by atoms with E-state index in [0.717, 1.165) is 22.9 Å². The molecule has 0 fully saturated rings. The van der Waals surface area contributed by atoms with Crippen molar-refractivity contribution in [2.24, 2.45) is 0 Å². The minimum Gasteiger partial charge on any atom is -0.325 e. The fraction of sp³-hybridized carbons (Fsp3) is 0. The highest BCUT2D eigenvalue weighted by Crippen LogP contribution is 2.39. The maximum atomic E-state index is 4.81. The molecule has 0 bridgehead atoms. The van der Waals surface area contributed by atoms with Crippen molar-refractivity contribution in [1.29, 1.82) is 0 Å². The topological polar surface area (TPSA) is 37.8 Å². The summed E-state index contributed by atoms with van der Waals surface area (Å²) < 4.78 is 2.58. The largest absolute Gasteiger partial charge is 0.325 e. The van der Waals surface area contributed by atoms with Crippen LogP contribution in [0.15, 0.2) is 85.1 Å². The van der Waals surface area contributed by atoms with Crippen LogP contribution in [0.5, 0.6) is 0 Å². The van der Waals surface area contributed by atoms with Crippen LogP contribution in [0.4, 0.5) is 11.6 Å². The molecule has 0 aliphatic rings. The Morgan fingerprint density at radius 3 is 2.42 bits per heavy atom. The number of anilines is 2. The molecule has 5 rings (SSSR count). The molecule has 0 radical (unpaired) electrons. The van der Waals surface area contributed by atoms with Crippen LogP contribution in [-0.2, 0) is 0 Å². The zero-order chi connectivity index (χ0) is 17.3. The Morgan fingerprint density at radius 2 is 1.50 bits per heavy atom. The summed E-state index contributed by atoms with van der Waals surface area (Å²) >= 11 is 1.82. The van der Waals surface area contributed by atoms with Gasteiger partial charge in [0.15, 0.2) is 0 Å². The molecular formula is C22H15N3S. The number of aromatic nitrogens is 2. The number of thiophene rings is 1. The second-order valence-electron chi connectivity index (χ2n) is 6.03. The van der Waals surface area contributed by atoms with Gasteiger partial charge in [-0.3, -0.25) is 0 Å². The Kier molecular flexibility index (Phi) is 3.61. The van der Waals surface area contributed by atoms with Crippen LogP contribution in [-0.4, -0.2) is 9.97 Å².